The zero-order valence-corrected chi connectivity index (χ0v) is 9.85. The largest absolute Gasteiger partial charge is 0.416 e. The summed E-state index contributed by atoms with van der Waals surface area (Å²) in [5.41, 5.74) is 6.11. The number of nitrogen functional groups attached to an aromatic ring is 1. The normalized spacial score (nSPS) is 11.9. The summed E-state index contributed by atoms with van der Waals surface area (Å²) < 4.78 is 37.6. The molecule has 98 valence electrons. The van der Waals surface area contributed by atoms with Crippen LogP contribution in [0.15, 0.2) is 42.6 Å². The van der Waals surface area contributed by atoms with Crippen molar-refractivity contribution in [1.82, 2.24) is 4.98 Å². The fraction of sp³-hybridized carbons (Fsp3) is 0.0714. The second-order valence-corrected chi connectivity index (χ2v) is 3.97. The average Bonchev–Trinajstić information content (AvgIpc) is 2.36. The molecule has 0 amide bonds. The molecule has 0 bridgehead atoms. The van der Waals surface area contributed by atoms with Gasteiger partial charge in [0.25, 0.3) is 0 Å². The first-order valence-electron chi connectivity index (χ1n) is 5.52. The molecule has 2 rings (SSSR count). The summed E-state index contributed by atoms with van der Waals surface area (Å²) in [6, 6.07) is 8.49. The number of hydrogen-bond donors (Lipinski definition) is 1. The van der Waals surface area contributed by atoms with Crippen molar-refractivity contribution in [3.8, 4) is 0 Å². The van der Waals surface area contributed by atoms with Crippen LogP contribution in [0, 0.1) is 0 Å². The highest BCUT2D eigenvalue weighted by atomic mass is 19.4. The van der Waals surface area contributed by atoms with Gasteiger partial charge in [0.05, 0.1) is 5.56 Å². The Hall–Kier alpha value is -2.30. The van der Waals surface area contributed by atoms with E-state index in [9.17, 15) is 13.2 Å². The van der Waals surface area contributed by atoms with E-state index in [1.54, 1.807) is 36.5 Å². The number of anilines is 1. The van der Waals surface area contributed by atoms with E-state index >= 15 is 0 Å². The summed E-state index contributed by atoms with van der Waals surface area (Å²) in [6.45, 7) is 0. The number of alkyl halides is 3. The fourth-order valence-electron chi connectivity index (χ4n) is 1.58. The number of aromatic nitrogens is 1. The second kappa shape index (κ2) is 5.14. The molecule has 0 spiro atoms. The van der Waals surface area contributed by atoms with Crippen LogP contribution < -0.4 is 5.73 Å². The molecule has 0 aliphatic rings. The van der Waals surface area contributed by atoms with Crippen molar-refractivity contribution in [1.29, 1.82) is 0 Å². The summed E-state index contributed by atoms with van der Waals surface area (Å²) in [4.78, 5) is 3.84. The highest BCUT2D eigenvalue weighted by molar-refractivity contribution is 5.70. The maximum absolute atomic E-state index is 12.5. The van der Waals surface area contributed by atoms with Crippen LogP contribution in [0.4, 0.5) is 19.0 Å². The summed E-state index contributed by atoms with van der Waals surface area (Å²) in [5, 5.41) is 0. The molecule has 0 saturated heterocycles. The van der Waals surface area contributed by atoms with Gasteiger partial charge in [-0.05, 0) is 35.4 Å². The minimum Gasteiger partial charge on any atom is -0.384 e. The van der Waals surface area contributed by atoms with Crippen LogP contribution in [0.1, 0.15) is 16.7 Å². The van der Waals surface area contributed by atoms with Gasteiger partial charge in [0.1, 0.15) is 5.82 Å². The third-order valence-corrected chi connectivity index (χ3v) is 2.49. The van der Waals surface area contributed by atoms with Crippen molar-refractivity contribution in [3.63, 3.8) is 0 Å². The summed E-state index contributed by atoms with van der Waals surface area (Å²) in [5.74, 6) is 0.367. The van der Waals surface area contributed by atoms with Gasteiger partial charge in [0.15, 0.2) is 0 Å². The van der Waals surface area contributed by atoms with E-state index in [1.165, 1.54) is 6.07 Å². The predicted octanol–water partition coefficient (Wildman–Crippen LogP) is 3.85. The Morgan fingerprint density at radius 2 is 1.68 bits per heavy atom. The fourth-order valence-corrected chi connectivity index (χ4v) is 1.58. The van der Waals surface area contributed by atoms with E-state index < -0.39 is 11.7 Å². The summed E-state index contributed by atoms with van der Waals surface area (Å²) >= 11 is 0. The molecular weight excluding hydrogens is 253 g/mol. The third kappa shape index (κ3) is 3.58. The van der Waals surface area contributed by atoms with E-state index in [-0.39, 0.29) is 0 Å². The van der Waals surface area contributed by atoms with Gasteiger partial charge in [-0.15, -0.1) is 0 Å². The number of hydrogen-bond acceptors (Lipinski definition) is 2. The third-order valence-electron chi connectivity index (χ3n) is 2.49. The monoisotopic (exact) mass is 264 g/mol. The van der Waals surface area contributed by atoms with Gasteiger partial charge in [-0.1, -0.05) is 24.3 Å². The van der Waals surface area contributed by atoms with Crippen LogP contribution in [0.2, 0.25) is 0 Å². The molecule has 2 nitrogen and oxygen atoms in total. The van der Waals surface area contributed by atoms with Gasteiger partial charge in [0.2, 0.25) is 0 Å². The van der Waals surface area contributed by atoms with Crippen LogP contribution in [-0.2, 0) is 6.18 Å². The highest BCUT2D eigenvalue weighted by Crippen LogP contribution is 2.29. The number of nitrogens with zero attached hydrogens (tertiary/aromatic N) is 1. The standard InChI is InChI=1S/C14H11F3N2/c15-14(16,17)12-3-1-2-10(8-12)4-5-11-6-7-19-13(18)9-11/h1-9H,(H2,18,19)/b5-4+. The molecule has 0 saturated carbocycles. The molecule has 1 aromatic carbocycles. The number of halogens is 3. The maximum Gasteiger partial charge on any atom is 0.416 e. The van der Waals surface area contributed by atoms with Crippen molar-refractivity contribution < 1.29 is 13.2 Å². The van der Waals surface area contributed by atoms with Crippen LogP contribution >= 0.6 is 0 Å². The van der Waals surface area contributed by atoms with Gasteiger partial charge in [-0.25, -0.2) is 4.98 Å². The topological polar surface area (TPSA) is 38.9 Å². The molecule has 2 aromatic rings. The summed E-state index contributed by atoms with van der Waals surface area (Å²) in [6.07, 6.45) is 0.504. The molecule has 0 fully saturated rings. The minimum atomic E-state index is -4.33. The molecule has 0 unspecified atom stereocenters. The molecule has 19 heavy (non-hydrogen) atoms. The first kappa shape index (κ1) is 13.1. The van der Waals surface area contributed by atoms with E-state index in [0.717, 1.165) is 17.7 Å². The zero-order valence-electron chi connectivity index (χ0n) is 9.85. The number of pyridine rings is 1. The predicted molar refractivity (Wildman–Crippen MR) is 69.0 cm³/mol. The SMILES string of the molecule is Nc1cc(/C=C/c2cccc(C(F)(F)F)c2)ccn1. The quantitative estimate of drug-likeness (QED) is 0.894. The lowest BCUT2D eigenvalue weighted by molar-refractivity contribution is -0.137. The smallest absolute Gasteiger partial charge is 0.384 e. The highest BCUT2D eigenvalue weighted by Gasteiger charge is 2.30. The van der Waals surface area contributed by atoms with Crippen molar-refractivity contribution in [2.24, 2.45) is 0 Å². The molecule has 5 heteroatoms. The van der Waals surface area contributed by atoms with Crippen molar-refractivity contribution in [2.45, 2.75) is 6.18 Å². The molecule has 1 aromatic heterocycles. The van der Waals surface area contributed by atoms with E-state index in [4.69, 9.17) is 5.73 Å². The first-order valence-corrected chi connectivity index (χ1v) is 5.52. The van der Waals surface area contributed by atoms with Crippen molar-refractivity contribution >= 4 is 18.0 Å². The lowest BCUT2D eigenvalue weighted by Gasteiger charge is -2.06. The van der Waals surface area contributed by atoms with Gasteiger partial charge in [-0.2, -0.15) is 13.2 Å². The van der Waals surface area contributed by atoms with Crippen LogP contribution in [0.25, 0.3) is 12.2 Å². The number of rotatable bonds is 2. The van der Waals surface area contributed by atoms with Crippen molar-refractivity contribution in [3.05, 3.63) is 59.3 Å². The Bertz CT molecular complexity index is 604. The molecule has 0 aliphatic carbocycles. The van der Waals surface area contributed by atoms with Crippen LogP contribution in [0.3, 0.4) is 0 Å². The molecule has 1 heterocycles. The Labute approximate surface area is 108 Å². The van der Waals surface area contributed by atoms with E-state index in [0.29, 0.717) is 11.4 Å². The Morgan fingerprint density at radius 3 is 2.32 bits per heavy atom. The van der Waals surface area contributed by atoms with Gasteiger partial charge in [0, 0.05) is 6.20 Å². The molecule has 0 atom stereocenters. The van der Waals surface area contributed by atoms with Gasteiger partial charge >= 0.3 is 6.18 Å². The maximum atomic E-state index is 12.5. The zero-order chi connectivity index (χ0) is 13.9. The minimum absolute atomic E-state index is 0.367. The van der Waals surface area contributed by atoms with E-state index in [2.05, 4.69) is 4.98 Å². The average molecular weight is 264 g/mol. The Kier molecular flexibility index (Phi) is 3.55. The lowest BCUT2D eigenvalue weighted by Crippen LogP contribution is -2.04. The van der Waals surface area contributed by atoms with Gasteiger partial charge in [-0.3, -0.25) is 0 Å². The van der Waals surface area contributed by atoms with Gasteiger partial charge < -0.3 is 5.73 Å². The van der Waals surface area contributed by atoms with Crippen LogP contribution in [-0.4, -0.2) is 4.98 Å². The Morgan fingerprint density at radius 1 is 1.00 bits per heavy atom. The summed E-state index contributed by atoms with van der Waals surface area (Å²) in [7, 11) is 0. The van der Waals surface area contributed by atoms with Crippen LogP contribution in [0.5, 0.6) is 0 Å². The van der Waals surface area contributed by atoms with E-state index in [1.807, 2.05) is 0 Å². The molecule has 0 aliphatic heterocycles. The lowest BCUT2D eigenvalue weighted by atomic mass is 10.1. The second-order valence-electron chi connectivity index (χ2n) is 3.97. The van der Waals surface area contributed by atoms with Crippen molar-refractivity contribution in [2.75, 3.05) is 5.73 Å². The molecular formula is C14H11F3N2. The molecule has 0 radical (unpaired) electrons. The molecule has 2 N–H and O–H groups in total. The first-order chi connectivity index (χ1) is 8.95. The Balaban J connectivity index is 2.24. The number of benzene rings is 1. The number of nitrogens with two attached hydrogens (primary N) is 1.